The van der Waals surface area contributed by atoms with E-state index < -0.39 is 0 Å². The van der Waals surface area contributed by atoms with Crippen molar-refractivity contribution in [3.8, 4) is 0 Å². The highest BCUT2D eigenvalue weighted by molar-refractivity contribution is 5.85. The van der Waals surface area contributed by atoms with Crippen molar-refractivity contribution >= 4 is 5.91 Å². The molecule has 1 aliphatic heterocycles. The van der Waals surface area contributed by atoms with Crippen molar-refractivity contribution in [3.63, 3.8) is 0 Å². The van der Waals surface area contributed by atoms with Gasteiger partial charge in [-0.3, -0.25) is 10.1 Å². The Morgan fingerprint density at radius 1 is 1.10 bits per heavy atom. The van der Waals surface area contributed by atoms with Gasteiger partial charge in [0.1, 0.15) is 6.04 Å². The number of nitrogens with one attached hydrogen (secondary N) is 1. The molecular weight excluding hydrogens is 260 g/mol. The predicted molar refractivity (Wildman–Crippen MR) is 86.7 cm³/mol. The summed E-state index contributed by atoms with van der Waals surface area (Å²) in [5.74, 6) is 1.91. The molecule has 1 aromatic carbocycles. The second-order valence-corrected chi connectivity index (χ2v) is 6.83. The van der Waals surface area contributed by atoms with E-state index in [-0.39, 0.29) is 18.1 Å². The van der Waals surface area contributed by atoms with E-state index in [2.05, 4.69) is 39.9 Å². The monoisotopic (exact) mass is 288 g/mol. The van der Waals surface area contributed by atoms with Gasteiger partial charge < -0.3 is 4.90 Å². The van der Waals surface area contributed by atoms with Crippen molar-refractivity contribution in [1.29, 1.82) is 0 Å². The van der Waals surface area contributed by atoms with Crippen LogP contribution in [0.3, 0.4) is 0 Å². The van der Waals surface area contributed by atoms with Crippen LogP contribution in [0.1, 0.15) is 46.2 Å². The topological polar surface area (TPSA) is 32.3 Å². The molecule has 116 valence electrons. The van der Waals surface area contributed by atoms with Crippen molar-refractivity contribution in [2.75, 3.05) is 6.54 Å². The number of hydrogen-bond donors (Lipinski definition) is 1. The second-order valence-electron chi connectivity index (χ2n) is 6.83. The zero-order valence-electron chi connectivity index (χ0n) is 13.8. The summed E-state index contributed by atoms with van der Waals surface area (Å²) in [6.07, 6.45) is 0.0997. The number of benzene rings is 1. The van der Waals surface area contributed by atoms with E-state index in [0.717, 1.165) is 12.1 Å². The fourth-order valence-corrected chi connectivity index (χ4v) is 3.31. The molecule has 3 nitrogen and oxygen atoms in total. The van der Waals surface area contributed by atoms with E-state index in [1.54, 1.807) is 0 Å². The van der Waals surface area contributed by atoms with Gasteiger partial charge >= 0.3 is 0 Å². The predicted octanol–water partition coefficient (Wildman–Crippen LogP) is 3.43. The molecule has 1 fully saturated rings. The van der Waals surface area contributed by atoms with Gasteiger partial charge in [0.2, 0.25) is 5.91 Å². The SMILES string of the molecule is CC(C)C(CN1C(=O)C(c2ccccc2)NC1C)C(C)C. The van der Waals surface area contributed by atoms with Gasteiger partial charge in [0.15, 0.2) is 0 Å². The molecule has 1 aromatic rings. The molecule has 2 atom stereocenters. The third-order valence-corrected chi connectivity index (χ3v) is 4.66. The van der Waals surface area contributed by atoms with Crippen molar-refractivity contribution in [1.82, 2.24) is 10.2 Å². The van der Waals surface area contributed by atoms with Crippen LogP contribution < -0.4 is 5.32 Å². The Labute approximate surface area is 128 Å². The van der Waals surface area contributed by atoms with Crippen LogP contribution in [0, 0.1) is 17.8 Å². The first-order valence-electron chi connectivity index (χ1n) is 8.03. The number of amides is 1. The van der Waals surface area contributed by atoms with E-state index in [1.807, 2.05) is 35.2 Å². The molecule has 21 heavy (non-hydrogen) atoms. The average Bonchev–Trinajstić information content (AvgIpc) is 2.72. The minimum Gasteiger partial charge on any atom is -0.325 e. The lowest BCUT2D eigenvalue weighted by Crippen LogP contribution is -2.41. The van der Waals surface area contributed by atoms with Gasteiger partial charge in [-0.05, 0) is 30.2 Å². The molecule has 2 unspecified atom stereocenters. The third kappa shape index (κ3) is 3.46. The Bertz CT molecular complexity index is 461. The van der Waals surface area contributed by atoms with Gasteiger partial charge in [-0.25, -0.2) is 0 Å². The molecule has 0 radical (unpaired) electrons. The highest BCUT2D eigenvalue weighted by Crippen LogP contribution is 2.28. The van der Waals surface area contributed by atoms with E-state index >= 15 is 0 Å². The maximum atomic E-state index is 12.8. The quantitative estimate of drug-likeness (QED) is 0.900. The van der Waals surface area contributed by atoms with Gasteiger partial charge in [0.05, 0.1) is 6.17 Å². The number of nitrogens with zero attached hydrogens (tertiary/aromatic N) is 1. The maximum Gasteiger partial charge on any atom is 0.245 e. The summed E-state index contributed by atoms with van der Waals surface area (Å²) in [6.45, 7) is 11.9. The summed E-state index contributed by atoms with van der Waals surface area (Å²) < 4.78 is 0. The normalized spacial score (nSPS) is 22.9. The Morgan fingerprint density at radius 3 is 2.19 bits per heavy atom. The lowest BCUT2D eigenvalue weighted by Gasteiger charge is -2.31. The molecular formula is C18H28N2O. The largest absolute Gasteiger partial charge is 0.325 e. The molecule has 1 N–H and O–H groups in total. The summed E-state index contributed by atoms with van der Waals surface area (Å²) in [5, 5.41) is 3.43. The molecule has 1 saturated heterocycles. The number of hydrogen-bond acceptors (Lipinski definition) is 2. The summed E-state index contributed by atoms with van der Waals surface area (Å²) in [6, 6.07) is 9.81. The summed E-state index contributed by atoms with van der Waals surface area (Å²) in [7, 11) is 0. The van der Waals surface area contributed by atoms with Gasteiger partial charge in [-0.2, -0.15) is 0 Å². The van der Waals surface area contributed by atoms with Crippen LogP contribution in [-0.4, -0.2) is 23.5 Å². The summed E-state index contributed by atoms with van der Waals surface area (Å²) >= 11 is 0. The van der Waals surface area contributed by atoms with Crippen LogP contribution in [0.15, 0.2) is 30.3 Å². The van der Waals surface area contributed by atoms with Gasteiger partial charge in [-0.15, -0.1) is 0 Å². The average molecular weight is 288 g/mol. The molecule has 0 saturated carbocycles. The molecule has 1 amide bonds. The first-order chi connectivity index (χ1) is 9.91. The van der Waals surface area contributed by atoms with Crippen LogP contribution in [-0.2, 0) is 4.79 Å². The number of carbonyl (C=O) groups is 1. The molecule has 1 heterocycles. The zero-order chi connectivity index (χ0) is 15.6. The van der Waals surface area contributed by atoms with Crippen molar-refractivity contribution in [2.45, 2.75) is 46.8 Å². The van der Waals surface area contributed by atoms with Gasteiger partial charge in [0, 0.05) is 6.54 Å². The van der Waals surface area contributed by atoms with Crippen LogP contribution in [0.5, 0.6) is 0 Å². The van der Waals surface area contributed by atoms with Crippen LogP contribution in [0.25, 0.3) is 0 Å². The van der Waals surface area contributed by atoms with Crippen LogP contribution in [0.2, 0.25) is 0 Å². The molecule has 0 spiro atoms. The smallest absolute Gasteiger partial charge is 0.245 e. The minimum absolute atomic E-state index is 0.0997. The summed E-state index contributed by atoms with van der Waals surface area (Å²) in [5.41, 5.74) is 1.06. The molecule has 0 aliphatic carbocycles. The van der Waals surface area contributed by atoms with E-state index in [4.69, 9.17) is 0 Å². The Morgan fingerprint density at radius 2 is 1.67 bits per heavy atom. The maximum absolute atomic E-state index is 12.8. The van der Waals surface area contributed by atoms with Crippen molar-refractivity contribution in [2.24, 2.45) is 17.8 Å². The number of rotatable bonds is 5. The molecule has 0 bridgehead atoms. The first-order valence-corrected chi connectivity index (χ1v) is 8.03. The van der Waals surface area contributed by atoms with E-state index in [9.17, 15) is 4.79 Å². The standard InChI is InChI=1S/C18H28N2O/c1-12(2)16(13(3)4)11-20-14(5)19-17(18(20)21)15-9-7-6-8-10-15/h6-10,12-14,16-17,19H,11H2,1-5H3. The van der Waals surface area contributed by atoms with Gasteiger partial charge in [0.25, 0.3) is 0 Å². The van der Waals surface area contributed by atoms with Crippen molar-refractivity contribution in [3.05, 3.63) is 35.9 Å². The molecule has 1 aliphatic rings. The van der Waals surface area contributed by atoms with E-state index in [1.165, 1.54) is 0 Å². The highest BCUT2D eigenvalue weighted by atomic mass is 16.2. The Balaban J connectivity index is 2.13. The lowest BCUT2D eigenvalue weighted by molar-refractivity contribution is -0.131. The Hall–Kier alpha value is -1.35. The minimum atomic E-state index is -0.193. The second kappa shape index (κ2) is 6.61. The fourth-order valence-electron chi connectivity index (χ4n) is 3.31. The zero-order valence-corrected chi connectivity index (χ0v) is 13.8. The van der Waals surface area contributed by atoms with Crippen LogP contribution in [0.4, 0.5) is 0 Å². The van der Waals surface area contributed by atoms with Crippen molar-refractivity contribution < 1.29 is 4.79 Å². The van der Waals surface area contributed by atoms with E-state index in [0.29, 0.717) is 17.8 Å². The first kappa shape index (κ1) is 16.0. The van der Waals surface area contributed by atoms with Crippen LogP contribution >= 0.6 is 0 Å². The molecule has 0 aromatic heterocycles. The summed E-state index contributed by atoms with van der Waals surface area (Å²) in [4.78, 5) is 14.8. The molecule has 3 heteroatoms. The highest BCUT2D eigenvalue weighted by Gasteiger charge is 2.38. The molecule has 2 rings (SSSR count). The number of carbonyl (C=O) groups excluding carboxylic acids is 1. The fraction of sp³-hybridized carbons (Fsp3) is 0.611. The third-order valence-electron chi connectivity index (χ3n) is 4.66. The Kier molecular flexibility index (Phi) is 5.04. The van der Waals surface area contributed by atoms with Gasteiger partial charge in [-0.1, -0.05) is 58.0 Å². The lowest BCUT2D eigenvalue weighted by atomic mass is 9.85.